The van der Waals surface area contributed by atoms with Crippen LogP contribution in [0.5, 0.6) is 0 Å². The van der Waals surface area contributed by atoms with E-state index < -0.39 is 0 Å². The molecule has 2 rings (SSSR count). The smallest absolute Gasteiger partial charge is 0.0852 e. The molecule has 0 saturated carbocycles. The summed E-state index contributed by atoms with van der Waals surface area (Å²) in [5.41, 5.74) is 1.62. The van der Waals surface area contributed by atoms with Crippen molar-refractivity contribution < 1.29 is 5.11 Å². The first-order valence-electron chi connectivity index (χ1n) is 5.05. The Morgan fingerprint density at radius 2 is 1.37 bits per heavy atom. The van der Waals surface area contributed by atoms with E-state index in [1.807, 2.05) is 0 Å². The zero-order valence-corrected chi connectivity index (χ0v) is 13.0. The Labute approximate surface area is 134 Å². The molecule has 2 aromatic rings. The number of aliphatic hydroxyl groups excluding tert-OH is 1. The molecule has 2 nitrogen and oxygen atoms in total. The molecule has 19 heavy (non-hydrogen) atoms. The monoisotopic (exact) mass is 355 g/mol. The summed E-state index contributed by atoms with van der Waals surface area (Å²) >= 11 is 30.2. The molecule has 1 N–H and O–H groups in total. The number of hydrogen-bond donors (Lipinski definition) is 1. The normalized spacial score (nSPS) is 10.8. The predicted molar refractivity (Wildman–Crippen MR) is 80.6 cm³/mol. The van der Waals surface area contributed by atoms with Gasteiger partial charge < -0.3 is 5.11 Å². The van der Waals surface area contributed by atoms with E-state index in [1.54, 1.807) is 12.1 Å². The fourth-order valence-electron chi connectivity index (χ4n) is 1.52. The summed E-state index contributed by atoms with van der Waals surface area (Å²) in [6.07, 6.45) is 1.53. The summed E-state index contributed by atoms with van der Waals surface area (Å²) in [6, 6.07) is 3.37. The second-order valence-corrected chi connectivity index (χ2v) is 5.53. The Bertz CT molecular complexity index is 598. The fourth-order valence-corrected chi connectivity index (χ4v) is 2.88. The molecule has 1 aromatic carbocycles. The SMILES string of the molecule is OCc1ccc(-c2c(Cl)c(Cl)c(Cl)c(Cl)c2Cl)cn1. The molecule has 0 amide bonds. The maximum Gasteiger partial charge on any atom is 0.0852 e. The highest BCUT2D eigenvalue weighted by molar-refractivity contribution is 6.56. The molecule has 1 heterocycles. The summed E-state index contributed by atoms with van der Waals surface area (Å²) in [4.78, 5) is 4.05. The zero-order chi connectivity index (χ0) is 14.2. The van der Waals surface area contributed by atoms with E-state index in [4.69, 9.17) is 63.1 Å². The predicted octanol–water partition coefficient (Wildman–Crippen LogP) is 5.51. The molecule has 0 spiro atoms. The molecule has 0 radical (unpaired) electrons. The lowest BCUT2D eigenvalue weighted by molar-refractivity contribution is 0.277. The van der Waals surface area contributed by atoms with Gasteiger partial charge in [0.05, 0.1) is 37.4 Å². The summed E-state index contributed by atoms with van der Waals surface area (Å²) in [5, 5.41) is 9.76. The van der Waals surface area contributed by atoms with Crippen molar-refractivity contribution in [3.05, 3.63) is 49.1 Å². The first-order chi connectivity index (χ1) is 8.97. The molecular formula is C12H6Cl5NO. The minimum atomic E-state index is -0.149. The molecule has 0 aliphatic heterocycles. The van der Waals surface area contributed by atoms with Crippen LogP contribution in [0.15, 0.2) is 18.3 Å². The van der Waals surface area contributed by atoms with Crippen LogP contribution >= 0.6 is 58.0 Å². The van der Waals surface area contributed by atoms with Gasteiger partial charge in [0.25, 0.3) is 0 Å². The van der Waals surface area contributed by atoms with Crippen molar-refractivity contribution in [2.75, 3.05) is 0 Å². The molecule has 0 saturated heterocycles. The molecule has 7 heteroatoms. The Morgan fingerprint density at radius 1 is 0.842 bits per heavy atom. The van der Waals surface area contributed by atoms with Gasteiger partial charge in [-0.15, -0.1) is 0 Å². The molecule has 100 valence electrons. The van der Waals surface area contributed by atoms with Gasteiger partial charge in [0, 0.05) is 17.3 Å². The first kappa shape index (κ1) is 15.2. The molecule has 0 unspecified atom stereocenters. The minimum absolute atomic E-state index is 0.113. The van der Waals surface area contributed by atoms with E-state index in [-0.39, 0.29) is 31.7 Å². The van der Waals surface area contributed by atoms with Crippen LogP contribution in [0, 0.1) is 0 Å². The van der Waals surface area contributed by atoms with Crippen LogP contribution in [0.4, 0.5) is 0 Å². The van der Waals surface area contributed by atoms with Crippen LogP contribution in [-0.4, -0.2) is 10.1 Å². The quantitative estimate of drug-likeness (QED) is 0.568. The van der Waals surface area contributed by atoms with Crippen LogP contribution in [-0.2, 0) is 6.61 Å². The third kappa shape index (κ3) is 2.80. The number of hydrogen-bond acceptors (Lipinski definition) is 2. The van der Waals surface area contributed by atoms with Crippen molar-refractivity contribution in [1.82, 2.24) is 4.98 Å². The molecule has 1 aromatic heterocycles. The molecule has 0 aliphatic rings. The Morgan fingerprint density at radius 3 is 1.79 bits per heavy atom. The fraction of sp³-hybridized carbons (Fsp3) is 0.0833. The Kier molecular flexibility index (Phi) is 4.83. The van der Waals surface area contributed by atoms with Crippen molar-refractivity contribution in [3.8, 4) is 11.1 Å². The van der Waals surface area contributed by atoms with Crippen molar-refractivity contribution in [3.63, 3.8) is 0 Å². The average Bonchev–Trinajstić information content (AvgIpc) is 2.44. The van der Waals surface area contributed by atoms with Gasteiger partial charge >= 0.3 is 0 Å². The van der Waals surface area contributed by atoms with Gasteiger partial charge in [-0.3, -0.25) is 4.98 Å². The number of rotatable bonds is 2. The Hall–Kier alpha value is -0.220. The number of nitrogens with zero attached hydrogens (tertiary/aromatic N) is 1. The van der Waals surface area contributed by atoms with Crippen LogP contribution in [0.25, 0.3) is 11.1 Å². The van der Waals surface area contributed by atoms with Crippen LogP contribution < -0.4 is 0 Å². The highest BCUT2D eigenvalue weighted by Crippen LogP contribution is 2.47. The molecular weight excluding hydrogens is 351 g/mol. The topological polar surface area (TPSA) is 33.1 Å². The number of aromatic nitrogens is 1. The lowest BCUT2D eigenvalue weighted by Gasteiger charge is -2.12. The second kappa shape index (κ2) is 6.04. The first-order valence-corrected chi connectivity index (χ1v) is 6.94. The van der Waals surface area contributed by atoms with Crippen molar-refractivity contribution in [2.24, 2.45) is 0 Å². The van der Waals surface area contributed by atoms with Gasteiger partial charge in [0.15, 0.2) is 0 Å². The summed E-state index contributed by atoms with van der Waals surface area (Å²) < 4.78 is 0. The van der Waals surface area contributed by atoms with E-state index >= 15 is 0 Å². The number of halogens is 5. The van der Waals surface area contributed by atoms with Gasteiger partial charge in [0.2, 0.25) is 0 Å². The summed E-state index contributed by atoms with van der Waals surface area (Å²) in [6.45, 7) is -0.149. The highest BCUT2D eigenvalue weighted by atomic mass is 35.5. The Balaban J connectivity index is 2.67. The van der Waals surface area contributed by atoms with Gasteiger partial charge in [-0.25, -0.2) is 0 Å². The van der Waals surface area contributed by atoms with E-state index in [2.05, 4.69) is 4.98 Å². The summed E-state index contributed by atoms with van der Waals surface area (Å²) in [5.74, 6) is 0. The molecule has 0 aliphatic carbocycles. The van der Waals surface area contributed by atoms with E-state index in [0.29, 0.717) is 16.8 Å². The second-order valence-electron chi connectivity index (χ2n) is 3.64. The van der Waals surface area contributed by atoms with Crippen molar-refractivity contribution >= 4 is 58.0 Å². The van der Waals surface area contributed by atoms with Crippen molar-refractivity contribution in [2.45, 2.75) is 6.61 Å². The standard InChI is InChI=1S/C12H6Cl5NO/c13-8-7(5-1-2-6(4-19)18-3-5)9(14)11(16)12(17)10(8)15/h1-3,19H,4H2. The lowest BCUT2D eigenvalue weighted by atomic mass is 10.1. The van der Waals surface area contributed by atoms with Gasteiger partial charge in [0.1, 0.15) is 0 Å². The maximum atomic E-state index is 8.96. The minimum Gasteiger partial charge on any atom is -0.390 e. The lowest BCUT2D eigenvalue weighted by Crippen LogP contribution is -1.91. The van der Waals surface area contributed by atoms with E-state index in [1.165, 1.54) is 6.20 Å². The van der Waals surface area contributed by atoms with Gasteiger partial charge in [-0.1, -0.05) is 64.1 Å². The number of pyridine rings is 1. The number of aliphatic hydroxyl groups is 1. The van der Waals surface area contributed by atoms with E-state index in [9.17, 15) is 0 Å². The zero-order valence-electron chi connectivity index (χ0n) is 9.22. The van der Waals surface area contributed by atoms with Gasteiger partial charge in [-0.2, -0.15) is 0 Å². The molecule has 0 bridgehead atoms. The van der Waals surface area contributed by atoms with Gasteiger partial charge in [-0.05, 0) is 6.07 Å². The average molecular weight is 357 g/mol. The summed E-state index contributed by atoms with van der Waals surface area (Å²) in [7, 11) is 0. The molecule has 0 atom stereocenters. The third-order valence-corrected chi connectivity index (χ3v) is 4.76. The molecule has 0 fully saturated rings. The van der Waals surface area contributed by atoms with Crippen LogP contribution in [0.3, 0.4) is 0 Å². The van der Waals surface area contributed by atoms with Crippen molar-refractivity contribution in [1.29, 1.82) is 0 Å². The third-order valence-electron chi connectivity index (χ3n) is 2.49. The van der Waals surface area contributed by atoms with Crippen LogP contribution in [0.1, 0.15) is 5.69 Å². The number of benzene rings is 1. The van der Waals surface area contributed by atoms with E-state index in [0.717, 1.165) is 0 Å². The maximum absolute atomic E-state index is 8.96. The largest absolute Gasteiger partial charge is 0.390 e. The highest BCUT2D eigenvalue weighted by Gasteiger charge is 2.20. The van der Waals surface area contributed by atoms with Crippen LogP contribution in [0.2, 0.25) is 25.1 Å².